The van der Waals surface area contributed by atoms with Crippen molar-refractivity contribution in [1.29, 1.82) is 0 Å². The Morgan fingerprint density at radius 2 is 1.74 bits per heavy atom. The van der Waals surface area contributed by atoms with E-state index in [1.165, 1.54) is 13.8 Å². The maximum absolute atomic E-state index is 12.7. The van der Waals surface area contributed by atoms with E-state index in [2.05, 4.69) is 34.4 Å². The van der Waals surface area contributed by atoms with Gasteiger partial charge in [0.2, 0.25) is 11.8 Å². The number of aliphatic hydroxyl groups excluding tert-OH is 3. The van der Waals surface area contributed by atoms with E-state index in [0.717, 1.165) is 23.0 Å². The van der Waals surface area contributed by atoms with Crippen LogP contribution in [-0.2, 0) is 45.9 Å². The van der Waals surface area contributed by atoms with Crippen molar-refractivity contribution in [2.75, 3.05) is 43.5 Å². The lowest BCUT2D eigenvalue weighted by molar-refractivity contribution is -0.137. The number of nitrogen functional groups attached to an aromatic ring is 1. The number of hydrogen-bond acceptors (Lipinski definition) is 18. The van der Waals surface area contributed by atoms with E-state index in [0.29, 0.717) is 25.1 Å². The predicted molar refractivity (Wildman–Crippen MR) is 188 cm³/mol. The van der Waals surface area contributed by atoms with Gasteiger partial charge in [0, 0.05) is 30.7 Å². The minimum atomic E-state index is -5.55. The predicted octanol–water partition coefficient (Wildman–Crippen LogP) is -0.701. The van der Waals surface area contributed by atoms with Crippen LogP contribution in [0.1, 0.15) is 46.3 Å². The van der Waals surface area contributed by atoms with Crippen molar-refractivity contribution < 1.29 is 80.8 Å². The molecule has 24 nitrogen and oxygen atoms in total. The number of nitrogens with zero attached hydrogens (tertiary/aromatic N) is 4. The van der Waals surface area contributed by atoms with Crippen molar-refractivity contribution in [2.24, 2.45) is 5.41 Å². The van der Waals surface area contributed by atoms with Gasteiger partial charge in [-0.25, -0.2) is 28.6 Å². The van der Waals surface area contributed by atoms with Crippen LogP contribution in [0.2, 0.25) is 0 Å². The number of aromatic nitrogens is 4. The Hall–Kier alpha value is -2.15. The summed E-state index contributed by atoms with van der Waals surface area (Å²) in [4.78, 5) is 75.4. The molecule has 54 heavy (non-hydrogen) atoms. The van der Waals surface area contributed by atoms with Crippen LogP contribution in [0.4, 0.5) is 5.82 Å². The summed E-state index contributed by atoms with van der Waals surface area (Å²) in [5.74, 6) is 0.0251. The van der Waals surface area contributed by atoms with Crippen LogP contribution in [-0.4, -0.2) is 135 Å². The van der Waals surface area contributed by atoms with Gasteiger partial charge in [-0.15, -0.1) is 0 Å². The van der Waals surface area contributed by atoms with Crippen molar-refractivity contribution in [3.63, 3.8) is 0 Å². The number of phosphoric acid groups is 3. The van der Waals surface area contributed by atoms with Crippen LogP contribution in [0.25, 0.3) is 11.2 Å². The highest BCUT2D eigenvalue weighted by Gasteiger charge is 2.50. The lowest BCUT2D eigenvalue weighted by Gasteiger charge is -2.30. The number of carbonyl (C=O) groups is 2. The molecule has 0 aromatic carbocycles. The molecule has 0 spiro atoms. The second kappa shape index (κ2) is 19.8. The molecule has 1 aliphatic heterocycles. The largest absolute Gasteiger partial charge is 0.481 e. The molecule has 308 valence electrons. The third-order valence-corrected chi connectivity index (χ3v) is 11.8. The number of fused-ring (bicyclic) bond motifs is 1. The molecule has 0 bridgehead atoms. The molecule has 3 rings (SSSR count). The zero-order valence-corrected chi connectivity index (χ0v) is 32.8. The molecule has 2 aromatic heterocycles. The van der Waals surface area contributed by atoms with Gasteiger partial charge in [0.05, 0.1) is 25.6 Å². The molecular weight excluding hydrogens is 807 g/mol. The highest BCUT2D eigenvalue weighted by atomic mass is 32.2. The molecule has 2 unspecified atom stereocenters. The van der Waals surface area contributed by atoms with E-state index >= 15 is 0 Å². The Labute approximate surface area is 313 Å². The lowest BCUT2D eigenvalue weighted by Crippen LogP contribution is -2.46. The summed E-state index contributed by atoms with van der Waals surface area (Å²) in [6.07, 6.45) is -5.83. The van der Waals surface area contributed by atoms with Crippen LogP contribution in [0, 0.1) is 5.41 Å². The SMILES string of the molecule is CC[C@@H](O)CCSCCNC(=O)CCNC(=O)[C@H](O)C(C)(C)COP(=O)(O)OP(=O)(O)OC[C@H]1O[C@@H](n2cnc3c(N)ncnc32)[C@H](O)[C@@H]1OP(=O)(O)O. The number of phosphoric ester groups is 3. The molecule has 0 saturated carbocycles. The molecule has 11 N–H and O–H groups in total. The first-order chi connectivity index (χ1) is 25.1. The third-order valence-electron chi connectivity index (χ3n) is 7.71. The fourth-order valence-corrected chi connectivity index (χ4v) is 8.45. The number of nitrogens with two attached hydrogens (primary N) is 1. The zero-order valence-electron chi connectivity index (χ0n) is 29.3. The van der Waals surface area contributed by atoms with Gasteiger partial charge in [0.25, 0.3) is 0 Å². The van der Waals surface area contributed by atoms with Gasteiger partial charge in [0.15, 0.2) is 17.7 Å². The van der Waals surface area contributed by atoms with Gasteiger partial charge in [-0.05, 0) is 18.6 Å². The summed E-state index contributed by atoms with van der Waals surface area (Å²) in [5.41, 5.74) is 4.29. The van der Waals surface area contributed by atoms with Crippen LogP contribution < -0.4 is 16.4 Å². The minimum Gasteiger partial charge on any atom is -0.393 e. The van der Waals surface area contributed by atoms with Crippen LogP contribution >= 0.6 is 35.2 Å². The molecule has 1 fully saturated rings. The number of aliphatic hydroxyl groups is 3. The molecule has 2 amide bonds. The third kappa shape index (κ3) is 14.1. The van der Waals surface area contributed by atoms with Crippen molar-refractivity contribution >= 4 is 64.0 Å². The van der Waals surface area contributed by atoms with Gasteiger partial charge in [-0.3, -0.25) is 27.7 Å². The van der Waals surface area contributed by atoms with Crippen LogP contribution in [0.3, 0.4) is 0 Å². The van der Waals surface area contributed by atoms with E-state index < -0.39 is 78.6 Å². The Kier molecular flexibility index (Phi) is 17.0. The Morgan fingerprint density at radius 1 is 1.06 bits per heavy atom. The van der Waals surface area contributed by atoms with E-state index in [9.17, 15) is 58.2 Å². The van der Waals surface area contributed by atoms with E-state index in [-0.39, 0.29) is 42.0 Å². The molecule has 1 saturated heterocycles. The first kappa shape index (κ1) is 46.2. The monoisotopic (exact) mass is 853 g/mol. The molecular formula is C26H46N7O17P3S. The summed E-state index contributed by atoms with van der Waals surface area (Å²) in [6.45, 7) is 2.65. The lowest BCUT2D eigenvalue weighted by atomic mass is 9.87. The maximum Gasteiger partial charge on any atom is 0.481 e. The molecule has 2 aromatic rings. The maximum atomic E-state index is 12.7. The number of thioether (sulfide) groups is 1. The highest BCUT2D eigenvalue weighted by molar-refractivity contribution is 7.99. The average molecular weight is 854 g/mol. The number of rotatable bonds is 23. The van der Waals surface area contributed by atoms with Gasteiger partial charge in [-0.1, -0.05) is 20.8 Å². The number of imidazole rings is 1. The standard InChI is InChI=1S/C26H46N7O17P3S/c1-4-15(34)6-9-54-10-8-28-17(35)5-7-29-24(38)21(37)26(2,3)12-47-53(44,45)50-52(42,43)46-11-16-20(49-51(39,40)41)19(36)25(48-16)33-14-32-18-22(27)30-13-31-23(18)33/h13-16,19-21,25,34,36-37H,4-12H2,1-3H3,(H,28,35)(H,29,38)(H,42,43)(H,44,45)(H2,27,30,31)(H2,39,40,41)/t15-,16-,19-,20-,21+,25-/m1/s1. The highest BCUT2D eigenvalue weighted by Crippen LogP contribution is 2.61. The number of ether oxygens (including phenoxy) is 1. The second-order valence-corrected chi connectivity index (χ2v) is 18.0. The van der Waals surface area contributed by atoms with Crippen molar-refractivity contribution in [1.82, 2.24) is 30.2 Å². The van der Waals surface area contributed by atoms with E-state index in [1.54, 1.807) is 11.8 Å². The fourth-order valence-electron chi connectivity index (χ4n) is 4.73. The average Bonchev–Trinajstić information content (AvgIpc) is 3.64. The van der Waals surface area contributed by atoms with Gasteiger partial charge in [0.1, 0.15) is 36.3 Å². The van der Waals surface area contributed by atoms with Gasteiger partial charge < -0.3 is 56.0 Å². The van der Waals surface area contributed by atoms with Gasteiger partial charge >= 0.3 is 23.5 Å². The summed E-state index contributed by atoms with van der Waals surface area (Å²) < 4.78 is 62.0. The van der Waals surface area contributed by atoms with Crippen molar-refractivity contribution in [3.8, 4) is 0 Å². The topological polar surface area (TPSA) is 367 Å². The number of hydrogen-bond donors (Lipinski definition) is 10. The van der Waals surface area contributed by atoms with Crippen LogP contribution in [0.5, 0.6) is 0 Å². The second-order valence-electron chi connectivity index (χ2n) is 12.5. The summed E-state index contributed by atoms with van der Waals surface area (Å²) in [7, 11) is -16.3. The number of nitrogens with one attached hydrogen (secondary N) is 2. The number of amides is 2. The molecule has 8 atom stereocenters. The molecule has 28 heteroatoms. The quantitative estimate of drug-likeness (QED) is 0.0488. The number of anilines is 1. The first-order valence-electron chi connectivity index (χ1n) is 16.2. The van der Waals surface area contributed by atoms with Crippen LogP contribution in [0.15, 0.2) is 12.7 Å². The zero-order chi connectivity index (χ0) is 40.5. The molecule has 3 heterocycles. The smallest absolute Gasteiger partial charge is 0.393 e. The first-order valence-corrected chi connectivity index (χ1v) is 21.9. The van der Waals surface area contributed by atoms with E-state index in [4.69, 9.17) is 19.5 Å². The summed E-state index contributed by atoms with van der Waals surface area (Å²) >= 11 is 1.57. The molecule has 0 radical (unpaired) electrons. The Bertz CT molecular complexity index is 1720. The Balaban J connectivity index is 1.49. The Morgan fingerprint density at radius 3 is 2.41 bits per heavy atom. The number of carbonyl (C=O) groups excluding carboxylic acids is 2. The van der Waals surface area contributed by atoms with Gasteiger partial charge in [-0.2, -0.15) is 16.1 Å². The summed E-state index contributed by atoms with van der Waals surface area (Å²) in [6, 6.07) is 0. The van der Waals surface area contributed by atoms with Crippen molar-refractivity contribution in [3.05, 3.63) is 12.7 Å². The fraction of sp³-hybridized carbons (Fsp3) is 0.731. The molecule has 1 aliphatic rings. The normalized spacial score (nSPS) is 22.7. The van der Waals surface area contributed by atoms with E-state index in [1.807, 2.05) is 6.92 Å². The van der Waals surface area contributed by atoms with Crippen molar-refractivity contribution in [2.45, 2.75) is 76.8 Å². The summed E-state index contributed by atoms with van der Waals surface area (Å²) in [5, 5.41) is 36.0. The molecule has 0 aliphatic carbocycles. The minimum absolute atomic E-state index is 0.0350.